The predicted octanol–water partition coefficient (Wildman–Crippen LogP) is 2.70. The normalized spacial score (nSPS) is 22.1. The first-order valence-electron chi connectivity index (χ1n) is 10.1. The third kappa shape index (κ3) is 4.38. The third-order valence-corrected chi connectivity index (χ3v) is 5.97. The van der Waals surface area contributed by atoms with Crippen LogP contribution < -0.4 is 0 Å². The van der Waals surface area contributed by atoms with Crippen molar-refractivity contribution in [3.05, 3.63) is 47.5 Å². The number of hydrogen-bond acceptors (Lipinski definition) is 4. The molecule has 1 aromatic heterocycles. The molecule has 6 heteroatoms. The summed E-state index contributed by atoms with van der Waals surface area (Å²) in [6, 6.07) is 10.8. The summed E-state index contributed by atoms with van der Waals surface area (Å²) in [6.45, 7) is 6.07. The number of carbonyl (C=O) groups is 1. The minimum absolute atomic E-state index is 0.255. The van der Waals surface area contributed by atoms with Gasteiger partial charge in [0.05, 0.1) is 6.54 Å². The molecular weight excluding hydrogens is 338 g/mol. The molecule has 0 unspecified atom stereocenters. The van der Waals surface area contributed by atoms with Gasteiger partial charge in [-0.15, -0.1) is 0 Å². The molecular formula is C21H29N5O. The molecule has 4 rings (SSSR count). The minimum atomic E-state index is 0.255. The highest BCUT2D eigenvalue weighted by Crippen LogP contribution is 2.28. The lowest BCUT2D eigenvalue weighted by atomic mass is 9.89. The summed E-state index contributed by atoms with van der Waals surface area (Å²) < 4.78 is 0. The average molecular weight is 367 g/mol. The van der Waals surface area contributed by atoms with E-state index in [1.165, 1.54) is 5.56 Å². The van der Waals surface area contributed by atoms with Crippen LogP contribution in [0.5, 0.6) is 0 Å². The Bertz CT molecular complexity index is 751. The van der Waals surface area contributed by atoms with E-state index in [1.807, 2.05) is 11.8 Å². The summed E-state index contributed by atoms with van der Waals surface area (Å²) in [7, 11) is 0. The fourth-order valence-corrected chi connectivity index (χ4v) is 4.40. The Morgan fingerprint density at radius 1 is 1.11 bits per heavy atom. The number of nitrogens with one attached hydrogen (secondary N) is 1. The van der Waals surface area contributed by atoms with Crippen molar-refractivity contribution in [2.24, 2.45) is 0 Å². The Kier molecular flexibility index (Phi) is 5.53. The highest BCUT2D eigenvalue weighted by Gasteiger charge is 2.29. The number of rotatable bonds is 4. The Labute approximate surface area is 161 Å². The largest absolute Gasteiger partial charge is 0.341 e. The zero-order valence-electron chi connectivity index (χ0n) is 16.1. The second kappa shape index (κ2) is 8.21. The number of likely N-dealkylation sites (tertiary alicyclic amines) is 2. The van der Waals surface area contributed by atoms with Crippen LogP contribution >= 0.6 is 0 Å². The summed E-state index contributed by atoms with van der Waals surface area (Å²) in [5.41, 5.74) is 1.43. The van der Waals surface area contributed by atoms with Gasteiger partial charge in [-0.3, -0.25) is 14.8 Å². The van der Waals surface area contributed by atoms with Crippen molar-refractivity contribution in [2.45, 2.75) is 44.4 Å². The highest BCUT2D eigenvalue weighted by atomic mass is 16.2. The molecule has 144 valence electrons. The molecule has 3 heterocycles. The van der Waals surface area contributed by atoms with Crippen LogP contribution in [-0.4, -0.2) is 63.6 Å². The summed E-state index contributed by atoms with van der Waals surface area (Å²) in [6.07, 6.45) is 4.36. The van der Waals surface area contributed by atoms with E-state index in [1.54, 1.807) is 0 Å². The van der Waals surface area contributed by atoms with Gasteiger partial charge in [0.25, 0.3) is 0 Å². The van der Waals surface area contributed by atoms with Crippen LogP contribution in [0.2, 0.25) is 0 Å². The fraction of sp³-hybridized carbons (Fsp3) is 0.571. The lowest BCUT2D eigenvalue weighted by molar-refractivity contribution is -0.134. The molecule has 2 aromatic rings. The van der Waals surface area contributed by atoms with Crippen molar-refractivity contribution < 1.29 is 4.79 Å². The maximum Gasteiger partial charge on any atom is 0.236 e. The molecule has 27 heavy (non-hydrogen) atoms. The standard InChI is InChI=1S/C21H29N5O/c1-16-22-21(24-23-16)19-8-5-11-26(14-19)20(27)15-25-12-9-18(10-13-25)17-6-3-2-4-7-17/h2-4,6-7,18-19H,5,8-15H2,1H3,(H,22,23,24)/t19-/m1/s1. The molecule has 2 aliphatic rings. The van der Waals surface area contributed by atoms with Gasteiger partial charge in [-0.2, -0.15) is 5.10 Å². The predicted molar refractivity (Wildman–Crippen MR) is 105 cm³/mol. The van der Waals surface area contributed by atoms with Crippen molar-refractivity contribution in [2.75, 3.05) is 32.7 Å². The molecule has 2 fully saturated rings. The first-order valence-corrected chi connectivity index (χ1v) is 10.1. The monoisotopic (exact) mass is 367 g/mol. The quantitative estimate of drug-likeness (QED) is 0.902. The maximum absolute atomic E-state index is 12.8. The van der Waals surface area contributed by atoms with Gasteiger partial charge in [-0.1, -0.05) is 30.3 Å². The Balaban J connectivity index is 1.28. The van der Waals surface area contributed by atoms with Crippen LogP contribution in [0.15, 0.2) is 30.3 Å². The molecule has 2 aliphatic heterocycles. The molecule has 1 atom stereocenters. The van der Waals surface area contributed by atoms with Crippen LogP contribution in [-0.2, 0) is 4.79 Å². The van der Waals surface area contributed by atoms with E-state index in [2.05, 4.69) is 50.4 Å². The smallest absolute Gasteiger partial charge is 0.236 e. The molecule has 2 saturated heterocycles. The van der Waals surface area contributed by atoms with Crippen LogP contribution in [0.25, 0.3) is 0 Å². The molecule has 0 aliphatic carbocycles. The highest BCUT2D eigenvalue weighted by molar-refractivity contribution is 5.78. The van der Waals surface area contributed by atoms with Crippen molar-refractivity contribution in [1.29, 1.82) is 0 Å². The molecule has 0 spiro atoms. The molecule has 1 N–H and O–H groups in total. The van der Waals surface area contributed by atoms with E-state index in [0.29, 0.717) is 12.5 Å². The van der Waals surface area contributed by atoms with Crippen LogP contribution in [0, 0.1) is 6.92 Å². The zero-order chi connectivity index (χ0) is 18.6. The number of hydrogen-bond donors (Lipinski definition) is 1. The van der Waals surface area contributed by atoms with Crippen molar-refractivity contribution >= 4 is 5.91 Å². The van der Waals surface area contributed by atoms with E-state index in [4.69, 9.17) is 0 Å². The number of aromatic amines is 1. The lowest BCUT2D eigenvalue weighted by Crippen LogP contribution is -2.46. The van der Waals surface area contributed by atoms with Gasteiger partial charge in [0.2, 0.25) is 5.91 Å². The van der Waals surface area contributed by atoms with E-state index >= 15 is 0 Å². The molecule has 1 amide bonds. The second-order valence-electron chi connectivity index (χ2n) is 7.92. The summed E-state index contributed by atoms with van der Waals surface area (Å²) >= 11 is 0. The molecule has 6 nitrogen and oxygen atoms in total. The first kappa shape index (κ1) is 18.2. The van der Waals surface area contributed by atoms with Crippen LogP contribution in [0.3, 0.4) is 0 Å². The number of carbonyl (C=O) groups excluding carboxylic acids is 1. The van der Waals surface area contributed by atoms with Gasteiger partial charge in [-0.25, -0.2) is 4.98 Å². The van der Waals surface area contributed by atoms with Gasteiger partial charge in [-0.05, 0) is 57.2 Å². The van der Waals surface area contributed by atoms with Crippen molar-refractivity contribution in [3.8, 4) is 0 Å². The van der Waals surface area contributed by atoms with Crippen LogP contribution in [0.4, 0.5) is 0 Å². The summed E-state index contributed by atoms with van der Waals surface area (Å²) in [4.78, 5) is 21.6. The fourth-order valence-electron chi connectivity index (χ4n) is 4.40. The number of amides is 1. The number of piperidine rings is 2. The molecule has 0 radical (unpaired) electrons. The topological polar surface area (TPSA) is 65.1 Å². The van der Waals surface area contributed by atoms with Gasteiger partial charge in [0, 0.05) is 19.0 Å². The van der Waals surface area contributed by atoms with Gasteiger partial charge in [0.1, 0.15) is 5.82 Å². The van der Waals surface area contributed by atoms with Gasteiger partial charge in [0.15, 0.2) is 5.82 Å². The number of nitrogens with zero attached hydrogens (tertiary/aromatic N) is 4. The molecule has 1 aromatic carbocycles. The minimum Gasteiger partial charge on any atom is -0.341 e. The number of H-pyrrole nitrogens is 1. The van der Waals surface area contributed by atoms with E-state index in [0.717, 1.165) is 63.5 Å². The average Bonchev–Trinajstić information content (AvgIpc) is 3.16. The first-order chi connectivity index (χ1) is 13.2. The lowest BCUT2D eigenvalue weighted by Gasteiger charge is -2.35. The Morgan fingerprint density at radius 2 is 1.89 bits per heavy atom. The molecule has 0 bridgehead atoms. The zero-order valence-corrected chi connectivity index (χ0v) is 16.1. The second-order valence-corrected chi connectivity index (χ2v) is 7.92. The number of aromatic nitrogens is 3. The third-order valence-electron chi connectivity index (χ3n) is 5.97. The summed E-state index contributed by atoms with van der Waals surface area (Å²) in [5.74, 6) is 2.84. The van der Waals surface area contributed by atoms with E-state index < -0.39 is 0 Å². The van der Waals surface area contributed by atoms with E-state index in [9.17, 15) is 4.79 Å². The van der Waals surface area contributed by atoms with Gasteiger partial charge < -0.3 is 4.90 Å². The SMILES string of the molecule is Cc1nc([C@@H]2CCCN(C(=O)CN3CCC(c4ccccc4)CC3)C2)n[nH]1. The summed E-state index contributed by atoms with van der Waals surface area (Å²) in [5, 5.41) is 7.22. The van der Waals surface area contributed by atoms with Crippen LogP contribution in [0.1, 0.15) is 54.7 Å². The van der Waals surface area contributed by atoms with Crippen molar-refractivity contribution in [1.82, 2.24) is 25.0 Å². The van der Waals surface area contributed by atoms with Crippen molar-refractivity contribution in [3.63, 3.8) is 0 Å². The van der Waals surface area contributed by atoms with E-state index in [-0.39, 0.29) is 11.8 Å². The number of aryl methyl sites for hydroxylation is 1. The maximum atomic E-state index is 12.8. The van der Waals surface area contributed by atoms with Gasteiger partial charge >= 0.3 is 0 Å². The Hall–Kier alpha value is -2.21. The number of benzene rings is 1. The Morgan fingerprint density at radius 3 is 2.59 bits per heavy atom. The molecule has 0 saturated carbocycles.